The van der Waals surface area contributed by atoms with Gasteiger partial charge in [0.1, 0.15) is 5.69 Å². The average Bonchev–Trinajstić information content (AvgIpc) is 2.48. The lowest BCUT2D eigenvalue weighted by atomic mass is 10.2. The van der Waals surface area contributed by atoms with Crippen LogP contribution in [0.5, 0.6) is 0 Å². The molecule has 2 amide bonds. The number of aromatic nitrogens is 1. The summed E-state index contributed by atoms with van der Waals surface area (Å²) in [6, 6.07) is 3.13. The van der Waals surface area contributed by atoms with E-state index in [1.165, 1.54) is 12.3 Å². The van der Waals surface area contributed by atoms with Crippen molar-refractivity contribution in [2.75, 3.05) is 33.4 Å². The van der Waals surface area contributed by atoms with E-state index in [-0.39, 0.29) is 17.5 Å². The molecule has 1 aromatic heterocycles. The van der Waals surface area contributed by atoms with Gasteiger partial charge in [0, 0.05) is 38.5 Å². The monoisotopic (exact) mass is 279 g/mol. The first-order valence-corrected chi connectivity index (χ1v) is 6.66. The summed E-state index contributed by atoms with van der Waals surface area (Å²) in [5.41, 5.74) is 0.708. The van der Waals surface area contributed by atoms with Crippen molar-refractivity contribution in [3.05, 3.63) is 29.6 Å². The number of nitrogens with zero attached hydrogens (tertiary/aromatic N) is 2. The Morgan fingerprint density at radius 2 is 2.05 bits per heavy atom. The number of hydrogen-bond acceptors (Lipinski definition) is 4. The van der Waals surface area contributed by atoms with E-state index in [1.807, 2.05) is 13.8 Å². The zero-order valence-electron chi connectivity index (χ0n) is 12.2. The number of carbonyl (C=O) groups is 2. The Balaban J connectivity index is 2.79. The molecule has 6 heteroatoms. The number of carbonyl (C=O) groups excluding carboxylic acids is 2. The summed E-state index contributed by atoms with van der Waals surface area (Å²) in [6.07, 6.45) is 1.47. The smallest absolute Gasteiger partial charge is 0.269 e. The molecule has 0 atom stereocenters. The van der Waals surface area contributed by atoms with E-state index in [4.69, 9.17) is 4.74 Å². The highest BCUT2D eigenvalue weighted by atomic mass is 16.5. The van der Waals surface area contributed by atoms with Crippen molar-refractivity contribution >= 4 is 11.8 Å². The normalized spacial score (nSPS) is 10.2. The number of hydrogen-bond donors (Lipinski definition) is 1. The molecule has 0 fully saturated rings. The highest BCUT2D eigenvalue weighted by Crippen LogP contribution is 2.06. The number of ether oxygens (including phenoxy) is 1. The molecule has 0 unspecified atom stereocenters. The van der Waals surface area contributed by atoms with Crippen LogP contribution >= 0.6 is 0 Å². The lowest BCUT2D eigenvalue weighted by Gasteiger charge is -2.18. The van der Waals surface area contributed by atoms with Crippen LogP contribution < -0.4 is 5.32 Å². The second kappa shape index (κ2) is 8.27. The summed E-state index contributed by atoms with van der Waals surface area (Å²) < 4.78 is 4.85. The first-order valence-electron chi connectivity index (χ1n) is 6.66. The van der Waals surface area contributed by atoms with Crippen molar-refractivity contribution in [2.45, 2.75) is 13.8 Å². The van der Waals surface area contributed by atoms with E-state index < -0.39 is 0 Å². The molecular weight excluding hydrogens is 258 g/mol. The lowest BCUT2D eigenvalue weighted by Crippen LogP contribution is -2.31. The van der Waals surface area contributed by atoms with Gasteiger partial charge in [0.2, 0.25) is 0 Å². The maximum absolute atomic E-state index is 12.2. The van der Waals surface area contributed by atoms with E-state index in [0.717, 1.165) is 0 Å². The minimum Gasteiger partial charge on any atom is -0.383 e. The van der Waals surface area contributed by atoms with E-state index in [1.54, 1.807) is 18.1 Å². The molecular formula is C14H21N3O3. The molecule has 0 saturated carbocycles. The largest absolute Gasteiger partial charge is 0.383 e. The SMILES string of the molecule is CCN(CC)C(=O)c1ccnc(C(=O)NCCOC)c1. The second-order valence-corrected chi connectivity index (χ2v) is 4.16. The van der Waals surface area contributed by atoms with Crippen LogP contribution in [0.2, 0.25) is 0 Å². The van der Waals surface area contributed by atoms with Crippen LogP contribution in [0, 0.1) is 0 Å². The van der Waals surface area contributed by atoms with Gasteiger partial charge in [0.15, 0.2) is 0 Å². The molecule has 1 N–H and O–H groups in total. The zero-order valence-corrected chi connectivity index (χ0v) is 12.2. The van der Waals surface area contributed by atoms with Gasteiger partial charge >= 0.3 is 0 Å². The fraction of sp³-hybridized carbons (Fsp3) is 0.500. The topological polar surface area (TPSA) is 71.5 Å². The summed E-state index contributed by atoms with van der Waals surface area (Å²) in [5.74, 6) is -0.403. The Hall–Kier alpha value is -1.95. The number of pyridine rings is 1. The predicted molar refractivity (Wildman–Crippen MR) is 75.7 cm³/mol. The maximum atomic E-state index is 12.2. The molecule has 0 aromatic carbocycles. The highest BCUT2D eigenvalue weighted by molar-refractivity contribution is 5.98. The molecule has 0 aliphatic carbocycles. The van der Waals surface area contributed by atoms with Crippen molar-refractivity contribution in [3.8, 4) is 0 Å². The Kier molecular flexibility index (Phi) is 6.66. The Morgan fingerprint density at radius 1 is 1.35 bits per heavy atom. The van der Waals surface area contributed by atoms with Gasteiger partial charge in [0.05, 0.1) is 6.61 Å². The quantitative estimate of drug-likeness (QED) is 0.754. The molecule has 1 heterocycles. The average molecular weight is 279 g/mol. The molecule has 1 rings (SSSR count). The van der Waals surface area contributed by atoms with Gasteiger partial charge in [-0.3, -0.25) is 14.6 Å². The first kappa shape index (κ1) is 16.1. The van der Waals surface area contributed by atoms with Crippen molar-refractivity contribution in [2.24, 2.45) is 0 Å². The van der Waals surface area contributed by atoms with Crippen molar-refractivity contribution in [1.82, 2.24) is 15.2 Å². The fourth-order valence-electron chi connectivity index (χ4n) is 1.74. The molecule has 0 saturated heterocycles. The Bertz CT molecular complexity index is 459. The fourth-order valence-corrected chi connectivity index (χ4v) is 1.74. The van der Waals surface area contributed by atoms with Crippen molar-refractivity contribution in [3.63, 3.8) is 0 Å². The van der Waals surface area contributed by atoms with Gasteiger partial charge in [-0.1, -0.05) is 0 Å². The van der Waals surface area contributed by atoms with Crippen LogP contribution in [0.15, 0.2) is 18.3 Å². The minimum absolute atomic E-state index is 0.0941. The molecule has 110 valence electrons. The number of nitrogens with one attached hydrogen (secondary N) is 1. The summed E-state index contributed by atoms with van der Waals surface area (Å²) in [5, 5.41) is 2.67. The number of rotatable bonds is 7. The third kappa shape index (κ3) is 4.31. The van der Waals surface area contributed by atoms with Gasteiger partial charge in [-0.15, -0.1) is 0 Å². The zero-order chi connectivity index (χ0) is 15.0. The van der Waals surface area contributed by atoms with Crippen LogP contribution in [0.25, 0.3) is 0 Å². The van der Waals surface area contributed by atoms with Crippen molar-refractivity contribution < 1.29 is 14.3 Å². The van der Waals surface area contributed by atoms with Gasteiger partial charge < -0.3 is 15.0 Å². The summed E-state index contributed by atoms with van der Waals surface area (Å²) in [4.78, 5) is 29.7. The third-order valence-corrected chi connectivity index (χ3v) is 2.88. The van der Waals surface area contributed by atoms with Crippen LogP contribution in [0.4, 0.5) is 0 Å². The summed E-state index contributed by atoms with van der Waals surface area (Å²) in [7, 11) is 1.56. The Morgan fingerprint density at radius 3 is 2.65 bits per heavy atom. The van der Waals surface area contributed by atoms with Crippen LogP contribution in [-0.2, 0) is 4.74 Å². The maximum Gasteiger partial charge on any atom is 0.269 e. The van der Waals surface area contributed by atoms with E-state index in [2.05, 4.69) is 10.3 Å². The summed E-state index contributed by atoms with van der Waals surface area (Å²) in [6.45, 7) is 5.94. The lowest BCUT2D eigenvalue weighted by molar-refractivity contribution is 0.0773. The second-order valence-electron chi connectivity index (χ2n) is 4.16. The molecule has 0 spiro atoms. The van der Waals surface area contributed by atoms with Gasteiger partial charge in [-0.2, -0.15) is 0 Å². The predicted octanol–water partition coefficient (Wildman–Crippen LogP) is 0.940. The van der Waals surface area contributed by atoms with Crippen LogP contribution in [-0.4, -0.2) is 55.0 Å². The molecule has 0 bridgehead atoms. The molecule has 0 radical (unpaired) electrons. The van der Waals surface area contributed by atoms with E-state index in [9.17, 15) is 9.59 Å². The van der Waals surface area contributed by atoms with E-state index >= 15 is 0 Å². The first-order chi connectivity index (χ1) is 9.63. The molecule has 20 heavy (non-hydrogen) atoms. The van der Waals surface area contributed by atoms with E-state index in [0.29, 0.717) is 31.8 Å². The third-order valence-electron chi connectivity index (χ3n) is 2.88. The van der Waals surface area contributed by atoms with Crippen LogP contribution in [0.1, 0.15) is 34.7 Å². The number of methoxy groups -OCH3 is 1. The standard InChI is InChI=1S/C14H21N3O3/c1-4-17(5-2)14(19)11-6-7-15-12(10-11)13(18)16-8-9-20-3/h6-7,10H,4-5,8-9H2,1-3H3,(H,16,18). The number of amides is 2. The highest BCUT2D eigenvalue weighted by Gasteiger charge is 2.15. The van der Waals surface area contributed by atoms with Gasteiger partial charge in [0.25, 0.3) is 11.8 Å². The van der Waals surface area contributed by atoms with Gasteiger partial charge in [-0.25, -0.2) is 0 Å². The van der Waals surface area contributed by atoms with Crippen LogP contribution in [0.3, 0.4) is 0 Å². The molecule has 0 aliphatic heterocycles. The Labute approximate surface area is 119 Å². The summed E-state index contributed by atoms with van der Waals surface area (Å²) >= 11 is 0. The molecule has 0 aliphatic rings. The van der Waals surface area contributed by atoms with Gasteiger partial charge in [-0.05, 0) is 26.0 Å². The molecule has 1 aromatic rings. The molecule has 6 nitrogen and oxygen atoms in total. The minimum atomic E-state index is -0.309. The van der Waals surface area contributed by atoms with Crippen molar-refractivity contribution in [1.29, 1.82) is 0 Å².